The summed E-state index contributed by atoms with van der Waals surface area (Å²) in [5, 5.41) is 13.0. The van der Waals surface area contributed by atoms with Crippen LogP contribution in [0.5, 0.6) is 11.5 Å². The van der Waals surface area contributed by atoms with Crippen LogP contribution in [0.25, 0.3) is 0 Å². The molecule has 0 aliphatic carbocycles. The van der Waals surface area contributed by atoms with Crippen LogP contribution >= 0.6 is 0 Å². The third-order valence-electron chi connectivity index (χ3n) is 6.70. The molecule has 1 fully saturated rings. The number of anilines is 1. The van der Waals surface area contributed by atoms with Crippen molar-refractivity contribution in [3.63, 3.8) is 0 Å². The van der Waals surface area contributed by atoms with E-state index in [4.69, 9.17) is 9.47 Å². The summed E-state index contributed by atoms with van der Waals surface area (Å²) in [7, 11) is 3.32. The van der Waals surface area contributed by atoms with Crippen molar-refractivity contribution in [2.75, 3.05) is 45.3 Å². The van der Waals surface area contributed by atoms with Crippen LogP contribution in [-0.4, -0.2) is 65.5 Å². The first-order valence-electron chi connectivity index (χ1n) is 11.5. The number of tetrazole rings is 1. The maximum absolute atomic E-state index is 5.62. The number of aromatic nitrogens is 4. The second-order valence-electron chi connectivity index (χ2n) is 8.99. The summed E-state index contributed by atoms with van der Waals surface area (Å²) in [5.74, 6) is 2.27. The molecule has 1 aliphatic rings. The van der Waals surface area contributed by atoms with Crippen LogP contribution in [-0.2, 0) is 5.54 Å². The van der Waals surface area contributed by atoms with E-state index in [0.29, 0.717) is 11.5 Å². The summed E-state index contributed by atoms with van der Waals surface area (Å²) in [6.45, 7) is 10.2. The highest BCUT2D eigenvalue weighted by Crippen LogP contribution is 2.36. The fraction of sp³-hybridized carbons (Fsp3) is 0.480. The highest BCUT2D eigenvalue weighted by Gasteiger charge is 2.34. The zero-order chi connectivity index (χ0) is 23.4. The van der Waals surface area contributed by atoms with E-state index in [9.17, 15) is 0 Å². The zero-order valence-corrected chi connectivity index (χ0v) is 20.2. The van der Waals surface area contributed by atoms with E-state index in [1.54, 1.807) is 14.2 Å². The molecule has 1 aromatic heterocycles. The molecule has 0 spiro atoms. The lowest BCUT2D eigenvalue weighted by Gasteiger charge is -2.40. The third-order valence-corrected chi connectivity index (χ3v) is 6.70. The second kappa shape index (κ2) is 9.79. The Bertz CT molecular complexity index is 1040. The van der Waals surface area contributed by atoms with Gasteiger partial charge in [0.1, 0.15) is 0 Å². The average molecular weight is 451 g/mol. The SMILES string of the molecule is CCC(C)(C)n1nnnc1[C@@H](c1ccc(OC)c(OC)c1)N1CCN(c2ccccc2)CC1. The van der Waals surface area contributed by atoms with E-state index < -0.39 is 0 Å². The van der Waals surface area contributed by atoms with Gasteiger partial charge in [0, 0.05) is 31.9 Å². The highest BCUT2D eigenvalue weighted by atomic mass is 16.5. The molecule has 33 heavy (non-hydrogen) atoms. The van der Waals surface area contributed by atoms with Crippen molar-refractivity contribution in [3.05, 3.63) is 59.9 Å². The van der Waals surface area contributed by atoms with Gasteiger partial charge in [0.2, 0.25) is 0 Å². The van der Waals surface area contributed by atoms with Gasteiger partial charge in [0.25, 0.3) is 0 Å². The smallest absolute Gasteiger partial charge is 0.173 e. The number of piperazine rings is 1. The van der Waals surface area contributed by atoms with Gasteiger partial charge in [-0.2, -0.15) is 0 Å². The third kappa shape index (κ3) is 4.66. The molecule has 0 bridgehead atoms. The first kappa shape index (κ1) is 23.0. The minimum Gasteiger partial charge on any atom is -0.493 e. The van der Waals surface area contributed by atoms with E-state index in [0.717, 1.165) is 44.0 Å². The van der Waals surface area contributed by atoms with Crippen molar-refractivity contribution in [3.8, 4) is 11.5 Å². The van der Waals surface area contributed by atoms with Crippen molar-refractivity contribution in [2.45, 2.75) is 38.8 Å². The Labute approximate surface area is 196 Å². The number of hydrogen-bond donors (Lipinski definition) is 0. The van der Waals surface area contributed by atoms with E-state index >= 15 is 0 Å². The number of nitrogens with zero attached hydrogens (tertiary/aromatic N) is 6. The van der Waals surface area contributed by atoms with E-state index in [2.05, 4.69) is 82.5 Å². The van der Waals surface area contributed by atoms with Gasteiger partial charge >= 0.3 is 0 Å². The quantitative estimate of drug-likeness (QED) is 0.518. The summed E-state index contributed by atoms with van der Waals surface area (Å²) in [6, 6.07) is 16.6. The molecule has 8 heteroatoms. The fourth-order valence-corrected chi connectivity index (χ4v) is 4.37. The van der Waals surface area contributed by atoms with Gasteiger partial charge in [0.15, 0.2) is 17.3 Å². The molecule has 1 atom stereocenters. The Morgan fingerprint density at radius 3 is 2.27 bits per heavy atom. The molecular formula is C25H34N6O2. The van der Waals surface area contributed by atoms with E-state index in [1.165, 1.54) is 5.69 Å². The number of methoxy groups -OCH3 is 2. The lowest BCUT2D eigenvalue weighted by atomic mass is 9.98. The van der Waals surface area contributed by atoms with E-state index in [1.807, 2.05) is 16.8 Å². The topological polar surface area (TPSA) is 68.5 Å². The van der Waals surface area contributed by atoms with Gasteiger partial charge in [-0.3, -0.25) is 4.90 Å². The second-order valence-corrected chi connectivity index (χ2v) is 8.99. The van der Waals surface area contributed by atoms with Crippen LogP contribution in [0, 0.1) is 0 Å². The first-order valence-corrected chi connectivity index (χ1v) is 11.5. The van der Waals surface area contributed by atoms with Crippen LogP contribution in [0.15, 0.2) is 48.5 Å². The first-order chi connectivity index (χ1) is 16.0. The van der Waals surface area contributed by atoms with Crippen molar-refractivity contribution in [1.82, 2.24) is 25.1 Å². The standard InChI is InChI=1S/C25H34N6O2/c1-6-25(2,3)31-24(26-27-28-31)23(19-12-13-21(32-4)22(18-19)33-5)30-16-14-29(15-17-30)20-10-8-7-9-11-20/h7-13,18,23H,6,14-17H2,1-5H3/t23-/m1/s1. The summed E-state index contributed by atoms with van der Waals surface area (Å²) in [5.41, 5.74) is 2.15. The van der Waals surface area contributed by atoms with Gasteiger partial charge in [-0.25, -0.2) is 4.68 Å². The number of rotatable bonds is 8. The van der Waals surface area contributed by atoms with Crippen molar-refractivity contribution in [2.24, 2.45) is 0 Å². The molecule has 0 N–H and O–H groups in total. The normalized spacial score (nSPS) is 16.0. The molecule has 8 nitrogen and oxygen atoms in total. The van der Waals surface area contributed by atoms with Crippen LogP contribution in [0.4, 0.5) is 5.69 Å². The largest absolute Gasteiger partial charge is 0.493 e. The van der Waals surface area contributed by atoms with Crippen LogP contribution in [0.2, 0.25) is 0 Å². The molecule has 1 saturated heterocycles. The predicted molar refractivity (Wildman–Crippen MR) is 129 cm³/mol. The van der Waals surface area contributed by atoms with Crippen LogP contribution in [0.1, 0.15) is 44.6 Å². The van der Waals surface area contributed by atoms with Gasteiger partial charge in [-0.15, -0.1) is 5.10 Å². The minimum atomic E-state index is -0.195. The Balaban J connectivity index is 1.70. The molecule has 2 heterocycles. The number of ether oxygens (including phenoxy) is 2. The number of benzene rings is 2. The fourth-order valence-electron chi connectivity index (χ4n) is 4.37. The van der Waals surface area contributed by atoms with E-state index in [-0.39, 0.29) is 11.6 Å². The summed E-state index contributed by atoms with van der Waals surface area (Å²) >= 11 is 0. The van der Waals surface area contributed by atoms with Crippen LogP contribution < -0.4 is 14.4 Å². The molecule has 0 unspecified atom stereocenters. The molecule has 176 valence electrons. The Kier molecular flexibility index (Phi) is 6.83. The van der Waals surface area contributed by atoms with Crippen LogP contribution in [0.3, 0.4) is 0 Å². The molecule has 1 aliphatic heterocycles. The molecule has 4 rings (SSSR count). The average Bonchev–Trinajstić information content (AvgIpc) is 3.35. The Morgan fingerprint density at radius 1 is 0.939 bits per heavy atom. The van der Waals surface area contributed by atoms with Gasteiger partial charge in [0.05, 0.1) is 25.8 Å². The van der Waals surface area contributed by atoms with Gasteiger partial charge in [-0.1, -0.05) is 31.2 Å². The molecular weight excluding hydrogens is 416 g/mol. The lowest BCUT2D eigenvalue weighted by molar-refractivity contribution is 0.187. The Morgan fingerprint density at radius 2 is 1.64 bits per heavy atom. The summed E-state index contributed by atoms with van der Waals surface area (Å²) < 4.78 is 13.1. The maximum Gasteiger partial charge on any atom is 0.173 e. The lowest BCUT2D eigenvalue weighted by Crippen LogP contribution is -2.48. The molecule has 0 amide bonds. The summed E-state index contributed by atoms with van der Waals surface area (Å²) in [6.07, 6.45) is 0.922. The molecule has 2 aromatic carbocycles. The summed E-state index contributed by atoms with van der Waals surface area (Å²) in [4.78, 5) is 4.90. The highest BCUT2D eigenvalue weighted by molar-refractivity contribution is 5.47. The van der Waals surface area contributed by atoms with Gasteiger partial charge in [-0.05, 0) is 60.5 Å². The van der Waals surface area contributed by atoms with Gasteiger partial charge < -0.3 is 14.4 Å². The monoisotopic (exact) mass is 450 g/mol. The molecule has 0 radical (unpaired) electrons. The minimum absolute atomic E-state index is 0.0939. The molecule has 0 saturated carbocycles. The van der Waals surface area contributed by atoms with Crippen molar-refractivity contribution < 1.29 is 9.47 Å². The predicted octanol–water partition coefficient (Wildman–Crippen LogP) is 3.75. The number of hydrogen-bond acceptors (Lipinski definition) is 7. The molecule has 3 aromatic rings. The number of para-hydroxylation sites is 1. The van der Waals surface area contributed by atoms with Crippen molar-refractivity contribution >= 4 is 5.69 Å². The maximum atomic E-state index is 5.62. The zero-order valence-electron chi connectivity index (χ0n) is 20.2. The Hall–Kier alpha value is -3.13. The van der Waals surface area contributed by atoms with Crippen molar-refractivity contribution in [1.29, 1.82) is 0 Å².